The highest BCUT2D eigenvalue weighted by Crippen LogP contribution is 2.16. The van der Waals surface area contributed by atoms with Crippen molar-refractivity contribution in [2.75, 3.05) is 0 Å². The second kappa shape index (κ2) is 2.63. The minimum absolute atomic E-state index is 1.01. The van der Waals surface area contributed by atoms with Crippen molar-refractivity contribution in [3.05, 3.63) is 29.4 Å². The number of aromatic nitrogens is 2. The lowest BCUT2D eigenvalue weighted by atomic mass is 10.3. The third-order valence-electron chi connectivity index (χ3n) is 2.22. The van der Waals surface area contributed by atoms with Crippen LogP contribution in [0.2, 0.25) is 0 Å². The van der Waals surface area contributed by atoms with Gasteiger partial charge in [0.25, 0.3) is 0 Å². The van der Waals surface area contributed by atoms with Crippen molar-refractivity contribution in [1.29, 1.82) is 0 Å². The Hall–Kier alpha value is -1.31. The molecule has 0 amide bonds. The Morgan fingerprint density at radius 2 is 2.08 bits per heavy atom. The van der Waals surface area contributed by atoms with Crippen LogP contribution in [-0.4, -0.2) is 9.55 Å². The largest absolute Gasteiger partial charge is 0.331 e. The van der Waals surface area contributed by atoms with E-state index in [1.54, 1.807) is 0 Å². The molecule has 0 atom stereocenters. The maximum absolute atomic E-state index is 4.44. The minimum Gasteiger partial charge on any atom is -0.331 e. The van der Waals surface area contributed by atoms with Crippen molar-refractivity contribution >= 4 is 12.2 Å². The summed E-state index contributed by atoms with van der Waals surface area (Å²) in [7, 11) is 2.05. The number of fused-ring (bicyclic) bond motifs is 1. The highest BCUT2D eigenvalue weighted by atomic mass is 15.1. The van der Waals surface area contributed by atoms with Gasteiger partial charge in [-0.1, -0.05) is 12.2 Å². The Labute approximate surface area is 72.2 Å². The van der Waals surface area contributed by atoms with Crippen LogP contribution in [-0.2, 0) is 7.05 Å². The van der Waals surface area contributed by atoms with E-state index < -0.39 is 0 Å². The van der Waals surface area contributed by atoms with Crippen molar-refractivity contribution < 1.29 is 0 Å². The van der Waals surface area contributed by atoms with Crippen LogP contribution >= 0.6 is 0 Å². The van der Waals surface area contributed by atoms with E-state index in [2.05, 4.69) is 33.9 Å². The quantitative estimate of drug-likeness (QED) is 0.568. The first kappa shape index (κ1) is 7.35. The number of allylic oxidation sites excluding steroid dienone is 2. The average molecular weight is 160 g/mol. The molecule has 0 saturated carbocycles. The zero-order valence-corrected chi connectivity index (χ0v) is 7.41. The van der Waals surface area contributed by atoms with Crippen LogP contribution < -0.4 is 0 Å². The first-order valence-electron chi connectivity index (χ1n) is 4.15. The fourth-order valence-electron chi connectivity index (χ4n) is 1.41. The third kappa shape index (κ3) is 0.998. The first-order chi connectivity index (χ1) is 5.79. The molecule has 2 heteroatoms. The fraction of sp³-hybridized carbons (Fsp3) is 0.300. The average Bonchev–Trinajstić information content (AvgIpc) is 2.30. The standard InChI is InChI=1S/C10H12N2/c1-8-11-9-6-4-3-5-7-10(9)12(8)2/h4-7H,3H2,1-2H3. The lowest BCUT2D eigenvalue weighted by molar-refractivity contribution is 0.849. The van der Waals surface area contributed by atoms with Gasteiger partial charge in [-0.3, -0.25) is 0 Å². The van der Waals surface area contributed by atoms with Gasteiger partial charge < -0.3 is 4.57 Å². The summed E-state index contributed by atoms with van der Waals surface area (Å²) in [5.41, 5.74) is 2.30. The first-order valence-corrected chi connectivity index (χ1v) is 4.15. The fourth-order valence-corrected chi connectivity index (χ4v) is 1.41. The molecular formula is C10H12N2. The van der Waals surface area contributed by atoms with E-state index in [9.17, 15) is 0 Å². The summed E-state index contributed by atoms with van der Waals surface area (Å²) in [6.07, 6.45) is 9.52. The second-order valence-electron chi connectivity index (χ2n) is 3.03. The molecule has 62 valence electrons. The van der Waals surface area contributed by atoms with Crippen molar-refractivity contribution in [2.45, 2.75) is 13.3 Å². The molecule has 1 aliphatic carbocycles. The van der Waals surface area contributed by atoms with Crippen LogP contribution in [0.15, 0.2) is 12.2 Å². The molecule has 12 heavy (non-hydrogen) atoms. The van der Waals surface area contributed by atoms with Gasteiger partial charge in [-0.05, 0) is 25.5 Å². The zero-order chi connectivity index (χ0) is 8.55. The van der Waals surface area contributed by atoms with Crippen LogP contribution in [0, 0.1) is 6.92 Å². The Bertz CT molecular complexity index is 356. The molecule has 0 bridgehead atoms. The van der Waals surface area contributed by atoms with Gasteiger partial charge in [-0.25, -0.2) is 4.98 Å². The maximum atomic E-state index is 4.44. The monoisotopic (exact) mass is 160 g/mol. The summed E-state index contributed by atoms with van der Waals surface area (Å²) in [6.45, 7) is 2.02. The number of imidazole rings is 1. The molecule has 0 N–H and O–H groups in total. The lowest BCUT2D eigenvalue weighted by Crippen LogP contribution is -1.93. The Balaban J connectivity index is 2.64. The van der Waals surface area contributed by atoms with Crippen molar-refractivity contribution in [3.63, 3.8) is 0 Å². The van der Waals surface area contributed by atoms with E-state index in [1.807, 2.05) is 14.0 Å². The van der Waals surface area contributed by atoms with Gasteiger partial charge in [-0.2, -0.15) is 0 Å². The van der Waals surface area contributed by atoms with Crippen LogP contribution in [0.3, 0.4) is 0 Å². The summed E-state index contributed by atoms with van der Waals surface area (Å²) in [5, 5.41) is 0. The van der Waals surface area contributed by atoms with Gasteiger partial charge in [0.05, 0.1) is 11.4 Å². The molecular weight excluding hydrogens is 148 g/mol. The van der Waals surface area contributed by atoms with E-state index in [-0.39, 0.29) is 0 Å². The highest BCUT2D eigenvalue weighted by Gasteiger charge is 2.07. The number of aryl methyl sites for hydroxylation is 1. The number of rotatable bonds is 0. The summed E-state index contributed by atoms with van der Waals surface area (Å²) >= 11 is 0. The Morgan fingerprint density at radius 1 is 1.33 bits per heavy atom. The van der Waals surface area contributed by atoms with Gasteiger partial charge in [0.15, 0.2) is 0 Å². The second-order valence-corrected chi connectivity index (χ2v) is 3.03. The smallest absolute Gasteiger partial charge is 0.106 e. The molecule has 0 radical (unpaired) electrons. The molecule has 1 aromatic heterocycles. The Morgan fingerprint density at radius 3 is 2.92 bits per heavy atom. The van der Waals surface area contributed by atoms with Crippen LogP contribution in [0.4, 0.5) is 0 Å². The normalized spacial score (nSPS) is 14.5. The minimum atomic E-state index is 1.01. The number of hydrogen-bond acceptors (Lipinski definition) is 1. The van der Waals surface area contributed by atoms with Crippen LogP contribution in [0.1, 0.15) is 23.6 Å². The van der Waals surface area contributed by atoms with Crippen LogP contribution in [0.25, 0.3) is 12.2 Å². The van der Waals surface area contributed by atoms with Crippen molar-refractivity contribution in [2.24, 2.45) is 7.05 Å². The summed E-state index contributed by atoms with van der Waals surface area (Å²) in [4.78, 5) is 4.44. The van der Waals surface area contributed by atoms with Gasteiger partial charge in [0.2, 0.25) is 0 Å². The van der Waals surface area contributed by atoms with Gasteiger partial charge in [0.1, 0.15) is 5.82 Å². The van der Waals surface area contributed by atoms with Crippen molar-refractivity contribution in [3.8, 4) is 0 Å². The van der Waals surface area contributed by atoms with Gasteiger partial charge in [0, 0.05) is 7.05 Å². The molecule has 2 nitrogen and oxygen atoms in total. The Kier molecular flexibility index (Phi) is 1.61. The summed E-state index contributed by atoms with van der Waals surface area (Å²) < 4.78 is 2.11. The van der Waals surface area contributed by atoms with Crippen molar-refractivity contribution in [1.82, 2.24) is 9.55 Å². The zero-order valence-electron chi connectivity index (χ0n) is 7.41. The van der Waals surface area contributed by atoms with E-state index in [4.69, 9.17) is 0 Å². The molecule has 1 aliphatic rings. The SMILES string of the molecule is Cc1nc2c(n1C)C=CCC=C2. The molecule has 2 rings (SSSR count). The maximum Gasteiger partial charge on any atom is 0.106 e. The number of hydrogen-bond donors (Lipinski definition) is 0. The van der Waals surface area contributed by atoms with E-state index in [0.717, 1.165) is 17.9 Å². The topological polar surface area (TPSA) is 17.8 Å². The highest BCUT2D eigenvalue weighted by molar-refractivity contribution is 5.62. The van der Waals surface area contributed by atoms with E-state index >= 15 is 0 Å². The molecule has 1 aromatic rings. The third-order valence-corrected chi connectivity index (χ3v) is 2.22. The molecule has 0 unspecified atom stereocenters. The lowest BCUT2D eigenvalue weighted by Gasteiger charge is -1.96. The van der Waals surface area contributed by atoms with E-state index in [0.29, 0.717) is 0 Å². The molecule has 1 heterocycles. The molecule has 0 aromatic carbocycles. The predicted molar refractivity (Wildman–Crippen MR) is 50.6 cm³/mol. The predicted octanol–water partition coefficient (Wildman–Crippen LogP) is 2.16. The van der Waals surface area contributed by atoms with Crippen LogP contribution in [0.5, 0.6) is 0 Å². The molecule has 0 aliphatic heterocycles. The summed E-state index contributed by atoms with van der Waals surface area (Å²) in [6, 6.07) is 0. The number of nitrogens with zero attached hydrogens (tertiary/aromatic N) is 2. The van der Waals surface area contributed by atoms with Gasteiger partial charge in [-0.15, -0.1) is 0 Å². The molecule has 0 saturated heterocycles. The van der Waals surface area contributed by atoms with E-state index in [1.165, 1.54) is 5.69 Å². The molecule has 0 fully saturated rings. The molecule has 0 spiro atoms. The van der Waals surface area contributed by atoms with Gasteiger partial charge >= 0.3 is 0 Å². The summed E-state index contributed by atoms with van der Waals surface area (Å²) in [5.74, 6) is 1.07.